The summed E-state index contributed by atoms with van der Waals surface area (Å²) < 4.78 is 13.0. The molecule has 0 heterocycles. The van der Waals surface area contributed by atoms with Crippen molar-refractivity contribution in [3.8, 4) is 0 Å². The maximum atomic E-state index is 13.0. The van der Waals surface area contributed by atoms with Crippen LogP contribution in [0.5, 0.6) is 0 Å². The number of halogens is 1. The number of carbonyl (C=O) groups excluding carboxylic acids is 1. The van der Waals surface area contributed by atoms with Gasteiger partial charge in [-0.05, 0) is 41.8 Å². The van der Waals surface area contributed by atoms with Crippen molar-refractivity contribution in [3.63, 3.8) is 0 Å². The minimum absolute atomic E-state index is 0.0586. The number of benzene rings is 2. The van der Waals surface area contributed by atoms with Gasteiger partial charge in [0.25, 0.3) is 0 Å². The van der Waals surface area contributed by atoms with Gasteiger partial charge in [-0.2, -0.15) is 0 Å². The Bertz CT molecular complexity index is 547. The fourth-order valence-electron chi connectivity index (χ4n) is 1.94. The second kappa shape index (κ2) is 6.70. The number of hydrogen-bond acceptors (Lipinski definition) is 2. The first-order valence-electron chi connectivity index (χ1n) is 6.49. The van der Waals surface area contributed by atoms with E-state index >= 15 is 0 Å². The summed E-state index contributed by atoms with van der Waals surface area (Å²) in [5, 5.41) is 2.77. The van der Waals surface area contributed by atoms with Crippen molar-refractivity contribution in [2.45, 2.75) is 19.4 Å². The van der Waals surface area contributed by atoms with Gasteiger partial charge >= 0.3 is 0 Å². The summed E-state index contributed by atoms with van der Waals surface area (Å²) in [5.74, 6) is -0.354. The Kier molecular flexibility index (Phi) is 4.71. The monoisotopic (exact) mass is 272 g/mol. The Morgan fingerprint density at radius 3 is 2.60 bits per heavy atom. The van der Waals surface area contributed by atoms with Gasteiger partial charge in [0.2, 0.25) is 5.91 Å². The maximum absolute atomic E-state index is 13.0. The quantitative estimate of drug-likeness (QED) is 0.822. The predicted octanol–water partition coefficient (Wildman–Crippen LogP) is 2.66. The molecule has 0 aromatic heterocycles. The fraction of sp³-hybridized carbons (Fsp3) is 0.188. The molecule has 20 heavy (non-hydrogen) atoms. The number of nitrogens with one attached hydrogen (secondary N) is 1. The zero-order valence-electron chi connectivity index (χ0n) is 11.1. The summed E-state index contributed by atoms with van der Waals surface area (Å²) in [6, 6.07) is 13.7. The molecule has 2 rings (SSSR count). The average molecular weight is 272 g/mol. The highest BCUT2D eigenvalue weighted by Crippen LogP contribution is 2.09. The molecule has 0 aliphatic carbocycles. The van der Waals surface area contributed by atoms with Crippen molar-refractivity contribution in [3.05, 3.63) is 65.5 Å². The number of aryl methyl sites for hydroxylation is 1. The first-order valence-corrected chi connectivity index (χ1v) is 6.49. The van der Waals surface area contributed by atoms with Gasteiger partial charge in [0.1, 0.15) is 5.82 Å². The van der Waals surface area contributed by atoms with Crippen molar-refractivity contribution in [2.75, 3.05) is 5.73 Å². The van der Waals surface area contributed by atoms with E-state index in [9.17, 15) is 9.18 Å². The number of carbonyl (C=O) groups is 1. The largest absolute Gasteiger partial charge is 0.399 e. The molecule has 3 N–H and O–H groups in total. The van der Waals surface area contributed by atoms with E-state index in [2.05, 4.69) is 5.32 Å². The van der Waals surface area contributed by atoms with Gasteiger partial charge in [-0.1, -0.05) is 24.3 Å². The molecule has 0 radical (unpaired) electrons. The molecule has 4 heteroatoms. The lowest BCUT2D eigenvalue weighted by atomic mass is 10.1. The molecule has 0 saturated heterocycles. The molecule has 0 fully saturated rings. The molecule has 3 nitrogen and oxygen atoms in total. The zero-order valence-corrected chi connectivity index (χ0v) is 11.1. The maximum Gasteiger partial charge on any atom is 0.220 e. The van der Waals surface area contributed by atoms with Gasteiger partial charge < -0.3 is 11.1 Å². The van der Waals surface area contributed by atoms with Gasteiger partial charge in [-0.3, -0.25) is 4.79 Å². The third-order valence-corrected chi connectivity index (χ3v) is 2.97. The minimum Gasteiger partial charge on any atom is -0.399 e. The van der Waals surface area contributed by atoms with E-state index in [1.165, 1.54) is 12.1 Å². The third-order valence-electron chi connectivity index (χ3n) is 2.97. The Hall–Kier alpha value is -2.36. The lowest BCUT2D eigenvalue weighted by molar-refractivity contribution is -0.121. The normalized spacial score (nSPS) is 10.2. The standard InChI is InChI=1S/C16H17FN2O/c17-14-5-1-4-13(9-14)11-19-16(20)8-7-12-3-2-6-15(18)10-12/h1-6,9-10H,7-8,11,18H2,(H,19,20). The minimum atomic E-state index is -0.295. The second-order valence-electron chi connectivity index (χ2n) is 4.65. The second-order valence-corrected chi connectivity index (χ2v) is 4.65. The van der Waals surface area contributed by atoms with Gasteiger partial charge in [-0.15, -0.1) is 0 Å². The van der Waals surface area contributed by atoms with Crippen LogP contribution < -0.4 is 11.1 Å². The Labute approximate surface area is 117 Å². The zero-order chi connectivity index (χ0) is 14.4. The molecule has 1 amide bonds. The highest BCUT2D eigenvalue weighted by molar-refractivity contribution is 5.76. The number of amides is 1. The van der Waals surface area contributed by atoms with Crippen LogP contribution in [0.25, 0.3) is 0 Å². The molecule has 2 aromatic carbocycles. The van der Waals surface area contributed by atoms with Crippen LogP contribution in [0.1, 0.15) is 17.5 Å². The van der Waals surface area contributed by atoms with Crippen LogP contribution in [-0.4, -0.2) is 5.91 Å². The number of hydrogen-bond donors (Lipinski definition) is 2. The van der Waals surface area contributed by atoms with Crippen LogP contribution in [0.3, 0.4) is 0 Å². The summed E-state index contributed by atoms with van der Waals surface area (Å²) in [7, 11) is 0. The van der Waals surface area contributed by atoms with Crippen LogP contribution in [0.15, 0.2) is 48.5 Å². The molecular formula is C16H17FN2O. The van der Waals surface area contributed by atoms with E-state index in [-0.39, 0.29) is 11.7 Å². The third kappa shape index (κ3) is 4.39. The van der Waals surface area contributed by atoms with E-state index in [1.54, 1.807) is 12.1 Å². The molecule has 0 saturated carbocycles. The lowest BCUT2D eigenvalue weighted by Crippen LogP contribution is -2.23. The fourth-order valence-corrected chi connectivity index (χ4v) is 1.94. The molecule has 0 unspecified atom stereocenters. The Morgan fingerprint density at radius 1 is 1.10 bits per heavy atom. The van der Waals surface area contributed by atoms with Crippen molar-refractivity contribution in [1.29, 1.82) is 0 Å². The van der Waals surface area contributed by atoms with Crippen LogP contribution in [0.4, 0.5) is 10.1 Å². The SMILES string of the molecule is Nc1cccc(CCC(=O)NCc2cccc(F)c2)c1. The highest BCUT2D eigenvalue weighted by Gasteiger charge is 2.03. The number of nitrogen functional groups attached to an aromatic ring is 1. The van der Waals surface area contributed by atoms with E-state index in [4.69, 9.17) is 5.73 Å². The number of anilines is 1. The first-order chi connectivity index (χ1) is 9.63. The van der Waals surface area contributed by atoms with Crippen molar-refractivity contribution in [1.82, 2.24) is 5.32 Å². The lowest BCUT2D eigenvalue weighted by Gasteiger charge is -2.06. The molecule has 0 spiro atoms. The summed E-state index contributed by atoms with van der Waals surface area (Å²) in [5.41, 5.74) is 8.16. The highest BCUT2D eigenvalue weighted by atomic mass is 19.1. The van der Waals surface area contributed by atoms with Crippen LogP contribution in [0.2, 0.25) is 0 Å². The summed E-state index contributed by atoms with van der Waals surface area (Å²) in [6.07, 6.45) is 1.03. The number of nitrogens with two attached hydrogens (primary N) is 1. The number of rotatable bonds is 5. The van der Waals surface area contributed by atoms with Crippen LogP contribution in [0, 0.1) is 5.82 Å². The smallest absolute Gasteiger partial charge is 0.220 e. The van der Waals surface area contributed by atoms with Gasteiger partial charge in [0.05, 0.1) is 0 Å². The molecular weight excluding hydrogens is 255 g/mol. The first kappa shape index (κ1) is 14.1. The molecule has 0 aliphatic heterocycles. The van der Waals surface area contributed by atoms with Gasteiger partial charge in [0.15, 0.2) is 0 Å². The van der Waals surface area contributed by atoms with Crippen molar-refractivity contribution in [2.24, 2.45) is 0 Å². The van der Waals surface area contributed by atoms with E-state index in [0.717, 1.165) is 11.1 Å². The van der Waals surface area contributed by atoms with Crippen molar-refractivity contribution >= 4 is 11.6 Å². The molecule has 0 atom stereocenters. The van der Waals surface area contributed by atoms with E-state index < -0.39 is 0 Å². The molecule has 0 bridgehead atoms. The Balaban J connectivity index is 1.78. The molecule has 2 aromatic rings. The van der Waals surface area contributed by atoms with Gasteiger partial charge in [-0.25, -0.2) is 4.39 Å². The Morgan fingerprint density at radius 2 is 1.85 bits per heavy atom. The van der Waals surface area contributed by atoms with Crippen LogP contribution >= 0.6 is 0 Å². The molecule has 0 aliphatic rings. The topological polar surface area (TPSA) is 55.1 Å². The summed E-state index contributed by atoms with van der Waals surface area (Å²) in [4.78, 5) is 11.7. The summed E-state index contributed by atoms with van der Waals surface area (Å²) >= 11 is 0. The summed E-state index contributed by atoms with van der Waals surface area (Å²) in [6.45, 7) is 0.341. The predicted molar refractivity (Wildman–Crippen MR) is 77.4 cm³/mol. The van der Waals surface area contributed by atoms with Crippen LogP contribution in [-0.2, 0) is 17.8 Å². The van der Waals surface area contributed by atoms with E-state index in [1.807, 2.05) is 24.3 Å². The average Bonchev–Trinajstić information content (AvgIpc) is 2.43. The van der Waals surface area contributed by atoms with Crippen molar-refractivity contribution < 1.29 is 9.18 Å². The van der Waals surface area contributed by atoms with Gasteiger partial charge in [0, 0.05) is 18.7 Å². The van der Waals surface area contributed by atoms with E-state index in [0.29, 0.717) is 25.1 Å². The molecule has 104 valence electrons.